The van der Waals surface area contributed by atoms with E-state index in [-0.39, 0.29) is 11.1 Å². The van der Waals surface area contributed by atoms with Gasteiger partial charge in [0, 0.05) is 44.2 Å². The quantitative estimate of drug-likeness (QED) is 0.305. The highest BCUT2D eigenvalue weighted by atomic mass is 16.7. The van der Waals surface area contributed by atoms with Gasteiger partial charge in [0.1, 0.15) is 12.7 Å². The minimum Gasteiger partial charge on any atom is -0.463 e. The van der Waals surface area contributed by atoms with Crippen LogP contribution in [-0.2, 0) is 42.9 Å². The van der Waals surface area contributed by atoms with E-state index in [4.69, 9.17) is 23.7 Å². The molecule has 0 unspecified atom stereocenters. The molecular weight excluding hydrogens is 502 g/mol. The van der Waals surface area contributed by atoms with E-state index >= 15 is 0 Å². The summed E-state index contributed by atoms with van der Waals surface area (Å²) in [4.78, 5) is 75.9. The maximum absolute atomic E-state index is 13.7. The average Bonchev–Trinajstić information content (AvgIpc) is 2.83. The molecule has 2 amide bonds. The van der Waals surface area contributed by atoms with Crippen molar-refractivity contribution in [3.05, 3.63) is 47.5 Å². The Kier molecular flexibility index (Phi) is 7.44. The van der Waals surface area contributed by atoms with Crippen molar-refractivity contribution in [2.45, 2.75) is 58.3 Å². The number of benzene rings is 2. The van der Waals surface area contributed by atoms with Crippen LogP contribution in [0, 0.1) is 0 Å². The van der Waals surface area contributed by atoms with Crippen LogP contribution in [0.3, 0.4) is 0 Å². The first-order valence-electron chi connectivity index (χ1n) is 11.7. The molecule has 200 valence electrons. The van der Waals surface area contributed by atoms with Gasteiger partial charge >= 0.3 is 23.9 Å². The Morgan fingerprint density at radius 3 is 1.74 bits per heavy atom. The number of hydrogen-bond acceptors (Lipinski definition) is 11. The lowest BCUT2D eigenvalue weighted by Gasteiger charge is -2.47. The van der Waals surface area contributed by atoms with Crippen molar-refractivity contribution in [1.82, 2.24) is 4.90 Å². The maximum Gasteiger partial charge on any atom is 0.303 e. The second-order valence-corrected chi connectivity index (χ2v) is 8.78. The summed E-state index contributed by atoms with van der Waals surface area (Å²) < 4.78 is 27.3. The van der Waals surface area contributed by atoms with Gasteiger partial charge in [-0.05, 0) is 17.5 Å². The van der Waals surface area contributed by atoms with Crippen molar-refractivity contribution in [1.29, 1.82) is 0 Å². The first kappa shape index (κ1) is 26.7. The van der Waals surface area contributed by atoms with Crippen LogP contribution in [0.15, 0.2) is 36.4 Å². The predicted molar refractivity (Wildman–Crippen MR) is 126 cm³/mol. The van der Waals surface area contributed by atoms with E-state index < -0.39 is 72.9 Å². The van der Waals surface area contributed by atoms with Gasteiger partial charge in [0.2, 0.25) is 0 Å². The van der Waals surface area contributed by atoms with Gasteiger partial charge in [0.05, 0.1) is 0 Å². The Morgan fingerprint density at radius 2 is 1.24 bits per heavy atom. The lowest BCUT2D eigenvalue weighted by Crippen LogP contribution is -2.68. The molecule has 38 heavy (non-hydrogen) atoms. The smallest absolute Gasteiger partial charge is 0.303 e. The van der Waals surface area contributed by atoms with Gasteiger partial charge in [-0.3, -0.25) is 28.8 Å². The minimum absolute atomic E-state index is 0.200. The van der Waals surface area contributed by atoms with E-state index in [1.807, 2.05) is 0 Å². The molecule has 12 nitrogen and oxygen atoms in total. The van der Waals surface area contributed by atoms with Crippen molar-refractivity contribution in [3.8, 4) is 0 Å². The second-order valence-electron chi connectivity index (χ2n) is 8.78. The van der Waals surface area contributed by atoms with E-state index in [1.54, 1.807) is 36.4 Å². The van der Waals surface area contributed by atoms with E-state index in [9.17, 15) is 28.8 Å². The molecule has 0 aliphatic carbocycles. The number of nitrogens with zero attached hydrogens (tertiary/aromatic N) is 1. The topological polar surface area (TPSA) is 152 Å². The molecule has 0 saturated carbocycles. The number of imide groups is 1. The number of ether oxygens (including phenoxy) is 5. The molecule has 2 aromatic carbocycles. The molecule has 0 radical (unpaired) electrons. The number of esters is 4. The first-order valence-corrected chi connectivity index (χ1v) is 11.7. The molecule has 1 fully saturated rings. The van der Waals surface area contributed by atoms with Gasteiger partial charge in [-0.1, -0.05) is 24.3 Å². The minimum atomic E-state index is -1.64. The summed E-state index contributed by atoms with van der Waals surface area (Å²) in [6.07, 6.45) is -7.47. The lowest BCUT2D eigenvalue weighted by molar-refractivity contribution is -0.268. The molecule has 0 bridgehead atoms. The Hall–Kier alpha value is -4.32. The van der Waals surface area contributed by atoms with Crippen molar-refractivity contribution in [2.24, 2.45) is 0 Å². The fourth-order valence-corrected chi connectivity index (χ4v) is 4.69. The lowest BCUT2D eigenvalue weighted by atomic mass is 9.91. The van der Waals surface area contributed by atoms with Gasteiger partial charge in [-0.15, -0.1) is 0 Å². The summed E-state index contributed by atoms with van der Waals surface area (Å²) >= 11 is 0. The summed E-state index contributed by atoms with van der Waals surface area (Å²) in [5.41, 5.74) is 0.399. The summed E-state index contributed by atoms with van der Waals surface area (Å²) in [6, 6.07) is 9.90. The Balaban J connectivity index is 1.85. The van der Waals surface area contributed by atoms with Crippen molar-refractivity contribution in [2.75, 3.05) is 6.61 Å². The fourth-order valence-electron chi connectivity index (χ4n) is 4.69. The van der Waals surface area contributed by atoms with E-state index in [0.717, 1.165) is 32.6 Å². The Labute approximate surface area is 216 Å². The normalized spacial score (nSPS) is 24.5. The average molecular weight is 527 g/mol. The van der Waals surface area contributed by atoms with Crippen molar-refractivity contribution >= 4 is 46.5 Å². The third kappa shape index (κ3) is 5.07. The SMILES string of the molecule is CC(=O)OC[C@H]1O[C@@H](N2C(=O)c3cccc4cccc(c34)C2=O)[C@H](OC(C)=O)[C@@H](OC(C)=O)[C@@H]1OC(C)=O. The van der Waals surface area contributed by atoms with Gasteiger partial charge in [0.25, 0.3) is 11.8 Å². The van der Waals surface area contributed by atoms with E-state index in [0.29, 0.717) is 10.8 Å². The molecule has 1 saturated heterocycles. The predicted octanol–water partition coefficient (Wildman–Crippen LogP) is 1.52. The van der Waals surface area contributed by atoms with Gasteiger partial charge < -0.3 is 23.7 Å². The maximum atomic E-state index is 13.7. The van der Waals surface area contributed by atoms with Gasteiger partial charge in [-0.25, -0.2) is 4.90 Å². The second kappa shape index (κ2) is 10.6. The highest BCUT2D eigenvalue weighted by Crippen LogP contribution is 2.36. The van der Waals surface area contributed by atoms with Gasteiger partial charge in [-0.2, -0.15) is 0 Å². The molecule has 0 aromatic heterocycles. The molecule has 2 heterocycles. The first-order chi connectivity index (χ1) is 18.0. The highest BCUT2D eigenvalue weighted by molar-refractivity contribution is 6.25. The molecule has 5 atom stereocenters. The Bertz CT molecular complexity index is 1280. The molecule has 2 aromatic rings. The number of amides is 2. The third-order valence-electron chi connectivity index (χ3n) is 6.02. The van der Waals surface area contributed by atoms with Crippen LogP contribution in [0.25, 0.3) is 10.8 Å². The van der Waals surface area contributed by atoms with Crippen LogP contribution in [0.5, 0.6) is 0 Å². The van der Waals surface area contributed by atoms with Gasteiger partial charge in [0.15, 0.2) is 24.5 Å². The van der Waals surface area contributed by atoms with Crippen LogP contribution in [0.4, 0.5) is 0 Å². The summed E-state index contributed by atoms with van der Waals surface area (Å²) in [6.45, 7) is 3.90. The van der Waals surface area contributed by atoms with Crippen molar-refractivity contribution in [3.63, 3.8) is 0 Å². The van der Waals surface area contributed by atoms with Crippen LogP contribution in [-0.4, -0.2) is 77.8 Å². The third-order valence-corrected chi connectivity index (χ3v) is 6.02. The fraction of sp³-hybridized carbons (Fsp3) is 0.385. The number of hydrogen-bond donors (Lipinski definition) is 0. The monoisotopic (exact) mass is 527 g/mol. The van der Waals surface area contributed by atoms with Crippen LogP contribution < -0.4 is 0 Å². The van der Waals surface area contributed by atoms with Crippen molar-refractivity contribution < 1.29 is 52.5 Å². The van der Waals surface area contributed by atoms with Crippen LogP contribution in [0.1, 0.15) is 48.4 Å². The highest BCUT2D eigenvalue weighted by Gasteiger charge is 2.56. The summed E-state index contributed by atoms with van der Waals surface area (Å²) in [5.74, 6) is -4.67. The number of carbonyl (C=O) groups excluding carboxylic acids is 6. The Morgan fingerprint density at radius 1 is 0.737 bits per heavy atom. The van der Waals surface area contributed by atoms with Crippen LogP contribution in [0.2, 0.25) is 0 Å². The summed E-state index contributed by atoms with van der Waals surface area (Å²) in [5, 5.41) is 1.12. The molecule has 2 aliphatic rings. The number of rotatable bonds is 6. The zero-order valence-corrected chi connectivity index (χ0v) is 21.0. The molecule has 0 spiro atoms. The molecular formula is C26H25NO11. The standard InChI is InChI=1S/C26H25NO11/c1-12(28)34-11-19-21(35-13(2)29)22(36-14(3)30)23(37-15(4)31)26(38-19)27-24(32)17-9-5-7-16-8-6-10-18(20(16)17)25(27)33/h5-10,19,21-23,26H,11H2,1-4H3/t19-,21-,22+,23-,26-/m1/s1. The zero-order chi connectivity index (χ0) is 27.7. The van der Waals surface area contributed by atoms with Crippen LogP contribution >= 0.6 is 0 Å². The molecule has 12 heteroatoms. The largest absolute Gasteiger partial charge is 0.463 e. The molecule has 2 aliphatic heterocycles. The van der Waals surface area contributed by atoms with E-state index in [1.165, 1.54) is 0 Å². The summed E-state index contributed by atoms with van der Waals surface area (Å²) in [7, 11) is 0. The van der Waals surface area contributed by atoms with E-state index in [2.05, 4.69) is 0 Å². The number of carbonyl (C=O) groups is 6. The zero-order valence-electron chi connectivity index (χ0n) is 21.0. The molecule has 0 N–H and O–H groups in total. The molecule has 4 rings (SSSR count).